The zero-order chi connectivity index (χ0) is 16.7. The van der Waals surface area contributed by atoms with Gasteiger partial charge in [0.25, 0.3) is 0 Å². The SMILES string of the molecule is CSc1ccc([C@@H]2C(C#N)=C(N)Oc3cc4c(cc32)OCO4)cc1. The van der Waals surface area contributed by atoms with E-state index in [-0.39, 0.29) is 18.6 Å². The topological polar surface area (TPSA) is 77.5 Å². The van der Waals surface area contributed by atoms with E-state index in [0.29, 0.717) is 22.8 Å². The highest BCUT2D eigenvalue weighted by Crippen LogP contribution is 2.47. The van der Waals surface area contributed by atoms with Crippen molar-refractivity contribution < 1.29 is 14.2 Å². The van der Waals surface area contributed by atoms with Crippen molar-refractivity contribution in [1.29, 1.82) is 5.26 Å². The summed E-state index contributed by atoms with van der Waals surface area (Å²) < 4.78 is 16.5. The van der Waals surface area contributed by atoms with Gasteiger partial charge in [-0.2, -0.15) is 5.26 Å². The Bertz CT molecular complexity index is 884. The van der Waals surface area contributed by atoms with Crippen LogP contribution in [-0.2, 0) is 0 Å². The minimum Gasteiger partial charge on any atom is -0.454 e. The molecule has 2 aromatic carbocycles. The first-order valence-corrected chi connectivity index (χ1v) is 8.59. The number of ether oxygens (including phenoxy) is 3. The fourth-order valence-electron chi connectivity index (χ4n) is 2.99. The molecule has 2 aliphatic heterocycles. The Morgan fingerprint density at radius 2 is 1.83 bits per heavy atom. The molecule has 0 saturated heterocycles. The second kappa shape index (κ2) is 5.69. The van der Waals surface area contributed by atoms with Crippen molar-refractivity contribution in [1.82, 2.24) is 0 Å². The molecular formula is C18H14N2O3S. The Labute approximate surface area is 143 Å². The molecule has 0 bridgehead atoms. The molecule has 120 valence electrons. The molecule has 6 heteroatoms. The highest BCUT2D eigenvalue weighted by atomic mass is 32.2. The fraction of sp³-hybridized carbons (Fsp3) is 0.167. The van der Waals surface area contributed by atoms with Gasteiger partial charge in [-0.25, -0.2) is 0 Å². The molecule has 0 aliphatic carbocycles. The Hall–Kier alpha value is -2.78. The van der Waals surface area contributed by atoms with Crippen molar-refractivity contribution in [2.75, 3.05) is 13.0 Å². The smallest absolute Gasteiger partial charge is 0.231 e. The van der Waals surface area contributed by atoms with Gasteiger partial charge in [0.05, 0.1) is 5.92 Å². The summed E-state index contributed by atoms with van der Waals surface area (Å²) in [5, 5.41) is 9.59. The van der Waals surface area contributed by atoms with Gasteiger partial charge < -0.3 is 19.9 Å². The lowest BCUT2D eigenvalue weighted by Crippen LogP contribution is -2.21. The normalized spacial score (nSPS) is 17.9. The summed E-state index contributed by atoms with van der Waals surface area (Å²) in [5.74, 6) is 1.71. The lowest BCUT2D eigenvalue weighted by Gasteiger charge is -2.26. The van der Waals surface area contributed by atoms with Crippen LogP contribution in [-0.4, -0.2) is 13.0 Å². The van der Waals surface area contributed by atoms with Gasteiger partial charge in [-0.15, -0.1) is 11.8 Å². The Morgan fingerprint density at radius 1 is 1.12 bits per heavy atom. The molecule has 5 nitrogen and oxygen atoms in total. The highest BCUT2D eigenvalue weighted by Gasteiger charge is 2.33. The first kappa shape index (κ1) is 14.8. The number of hydrogen-bond donors (Lipinski definition) is 1. The van der Waals surface area contributed by atoms with E-state index in [1.54, 1.807) is 17.8 Å². The monoisotopic (exact) mass is 338 g/mol. The third kappa shape index (κ3) is 2.25. The molecule has 0 saturated carbocycles. The second-order valence-corrected chi connectivity index (χ2v) is 6.32. The number of thioether (sulfide) groups is 1. The molecule has 1 atom stereocenters. The van der Waals surface area contributed by atoms with E-state index < -0.39 is 0 Å². The van der Waals surface area contributed by atoms with Crippen LogP contribution in [0.15, 0.2) is 52.7 Å². The summed E-state index contributed by atoms with van der Waals surface area (Å²) >= 11 is 1.67. The molecule has 0 unspecified atom stereocenters. The number of nitriles is 1. The van der Waals surface area contributed by atoms with Crippen LogP contribution in [0.1, 0.15) is 17.0 Å². The molecule has 4 rings (SSSR count). The van der Waals surface area contributed by atoms with E-state index in [4.69, 9.17) is 19.9 Å². The van der Waals surface area contributed by atoms with Gasteiger partial charge in [0.1, 0.15) is 17.4 Å². The van der Waals surface area contributed by atoms with Gasteiger partial charge in [-0.05, 0) is 30.0 Å². The van der Waals surface area contributed by atoms with Crippen LogP contribution in [0, 0.1) is 11.3 Å². The van der Waals surface area contributed by atoms with Gasteiger partial charge in [0, 0.05) is 16.5 Å². The van der Waals surface area contributed by atoms with E-state index in [1.807, 2.05) is 36.6 Å². The maximum Gasteiger partial charge on any atom is 0.231 e. The Kier molecular flexibility index (Phi) is 3.51. The third-order valence-electron chi connectivity index (χ3n) is 4.16. The van der Waals surface area contributed by atoms with Crippen LogP contribution in [0.2, 0.25) is 0 Å². The molecule has 0 spiro atoms. The second-order valence-electron chi connectivity index (χ2n) is 5.44. The molecule has 2 aromatic rings. The molecule has 2 aliphatic rings. The van der Waals surface area contributed by atoms with Gasteiger partial charge in [0.15, 0.2) is 11.5 Å². The standard InChI is InChI=1S/C18H14N2O3S/c1-24-11-4-2-10(3-5-11)17-12-6-15-16(22-9-21-15)7-14(12)23-18(20)13(17)8-19/h2-7,17H,9,20H2,1H3/t17-/m0/s1. The molecular weight excluding hydrogens is 324 g/mol. The quantitative estimate of drug-likeness (QED) is 0.846. The third-order valence-corrected chi connectivity index (χ3v) is 4.90. The van der Waals surface area contributed by atoms with Crippen molar-refractivity contribution in [3.8, 4) is 23.3 Å². The molecule has 24 heavy (non-hydrogen) atoms. The summed E-state index contributed by atoms with van der Waals surface area (Å²) in [7, 11) is 0. The predicted molar refractivity (Wildman–Crippen MR) is 90.1 cm³/mol. The van der Waals surface area contributed by atoms with Crippen LogP contribution >= 0.6 is 11.8 Å². The first-order chi connectivity index (χ1) is 11.7. The van der Waals surface area contributed by atoms with Gasteiger partial charge in [-0.3, -0.25) is 0 Å². The summed E-state index contributed by atoms with van der Waals surface area (Å²) in [6.07, 6.45) is 2.03. The number of benzene rings is 2. The van der Waals surface area contributed by atoms with E-state index in [2.05, 4.69) is 6.07 Å². The number of fused-ring (bicyclic) bond motifs is 2. The van der Waals surface area contributed by atoms with Crippen LogP contribution in [0.4, 0.5) is 0 Å². The van der Waals surface area contributed by atoms with Crippen molar-refractivity contribution in [2.45, 2.75) is 10.8 Å². The minimum atomic E-state index is -0.288. The molecule has 0 radical (unpaired) electrons. The molecule has 0 aromatic heterocycles. The fourth-order valence-corrected chi connectivity index (χ4v) is 3.39. The van der Waals surface area contributed by atoms with Crippen molar-refractivity contribution in [3.05, 3.63) is 59.0 Å². The van der Waals surface area contributed by atoms with Gasteiger partial charge in [0.2, 0.25) is 12.7 Å². The molecule has 2 heterocycles. The summed E-state index contributed by atoms with van der Waals surface area (Å²) in [6.45, 7) is 0.180. The molecule has 2 N–H and O–H groups in total. The number of rotatable bonds is 2. The lowest BCUT2D eigenvalue weighted by molar-refractivity contribution is 0.174. The van der Waals surface area contributed by atoms with Crippen molar-refractivity contribution in [2.24, 2.45) is 5.73 Å². The Morgan fingerprint density at radius 3 is 2.50 bits per heavy atom. The number of nitrogens with zero attached hydrogens (tertiary/aromatic N) is 1. The summed E-state index contributed by atoms with van der Waals surface area (Å²) in [4.78, 5) is 1.16. The highest BCUT2D eigenvalue weighted by molar-refractivity contribution is 7.98. The van der Waals surface area contributed by atoms with Gasteiger partial charge in [-0.1, -0.05) is 12.1 Å². The zero-order valence-corrected chi connectivity index (χ0v) is 13.7. The predicted octanol–water partition coefficient (Wildman–Crippen LogP) is 3.36. The molecule has 0 amide bonds. The van der Waals surface area contributed by atoms with E-state index in [9.17, 15) is 5.26 Å². The largest absolute Gasteiger partial charge is 0.454 e. The van der Waals surface area contributed by atoms with Crippen molar-refractivity contribution in [3.63, 3.8) is 0 Å². The lowest BCUT2D eigenvalue weighted by atomic mass is 9.83. The van der Waals surface area contributed by atoms with E-state index in [0.717, 1.165) is 16.0 Å². The number of nitrogens with two attached hydrogens (primary N) is 1. The van der Waals surface area contributed by atoms with E-state index in [1.165, 1.54) is 0 Å². The Balaban J connectivity index is 1.88. The number of allylic oxidation sites excluding steroid dienone is 1. The summed E-state index contributed by atoms with van der Waals surface area (Å²) in [5.41, 5.74) is 8.22. The molecule has 0 fully saturated rings. The van der Waals surface area contributed by atoms with E-state index >= 15 is 0 Å². The first-order valence-electron chi connectivity index (χ1n) is 7.36. The van der Waals surface area contributed by atoms with Crippen LogP contribution < -0.4 is 19.9 Å². The van der Waals surface area contributed by atoms with Crippen LogP contribution in [0.25, 0.3) is 0 Å². The van der Waals surface area contributed by atoms with Crippen LogP contribution in [0.5, 0.6) is 17.2 Å². The number of hydrogen-bond acceptors (Lipinski definition) is 6. The maximum atomic E-state index is 9.59. The van der Waals surface area contributed by atoms with Gasteiger partial charge >= 0.3 is 0 Å². The maximum absolute atomic E-state index is 9.59. The van der Waals surface area contributed by atoms with Crippen LogP contribution in [0.3, 0.4) is 0 Å². The minimum absolute atomic E-state index is 0.128. The van der Waals surface area contributed by atoms with Crippen molar-refractivity contribution >= 4 is 11.8 Å². The average molecular weight is 338 g/mol. The summed E-state index contributed by atoms with van der Waals surface area (Å²) in [6, 6.07) is 13.9. The zero-order valence-electron chi connectivity index (χ0n) is 12.9. The average Bonchev–Trinajstić information content (AvgIpc) is 3.06.